The van der Waals surface area contributed by atoms with E-state index < -0.39 is 0 Å². The Morgan fingerprint density at radius 3 is 3.08 bits per heavy atom. The Bertz CT molecular complexity index is 476. The van der Waals surface area contributed by atoms with Gasteiger partial charge in [-0.05, 0) is 18.2 Å². The number of nitrogens with zero attached hydrogens (tertiary/aromatic N) is 1. The van der Waals surface area contributed by atoms with Crippen molar-refractivity contribution in [2.24, 2.45) is 0 Å². The summed E-state index contributed by atoms with van der Waals surface area (Å²) in [5.74, 6) is 3.32. The van der Waals surface area contributed by atoms with Gasteiger partial charge in [-0.1, -0.05) is 12.8 Å². The molecular formula is C11H9NO. The number of hydrogen-bond acceptors (Lipinski definition) is 2. The topological polar surface area (TPSA) is 26.0 Å². The Labute approximate surface area is 76.6 Å². The van der Waals surface area contributed by atoms with Crippen LogP contribution < -0.4 is 0 Å². The molecule has 2 aromatic rings. The average Bonchev–Trinajstić information content (AvgIpc) is 2.58. The molecule has 0 radical (unpaired) electrons. The summed E-state index contributed by atoms with van der Waals surface area (Å²) in [4.78, 5) is 4.28. The van der Waals surface area contributed by atoms with E-state index in [1.807, 2.05) is 25.1 Å². The molecule has 0 aliphatic carbocycles. The number of terminal acetylenes is 1. The second kappa shape index (κ2) is 2.95. The number of rotatable bonds is 1. The van der Waals surface area contributed by atoms with Crippen LogP contribution in [0.25, 0.3) is 11.1 Å². The van der Waals surface area contributed by atoms with Gasteiger partial charge in [0.15, 0.2) is 11.5 Å². The lowest BCUT2D eigenvalue weighted by atomic mass is 10.2. The highest BCUT2D eigenvalue weighted by atomic mass is 16.3. The van der Waals surface area contributed by atoms with Crippen LogP contribution in [-0.4, -0.2) is 4.98 Å². The van der Waals surface area contributed by atoms with Gasteiger partial charge in [0, 0.05) is 12.0 Å². The number of aromatic nitrogens is 1. The fourth-order valence-electron chi connectivity index (χ4n) is 1.22. The third-order valence-corrected chi connectivity index (χ3v) is 1.90. The summed E-state index contributed by atoms with van der Waals surface area (Å²) < 4.78 is 5.44. The summed E-state index contributed by atoms with van der Waals surface area (Å²) in [6.45, 7) is 2.01. The lowest BCUT2D eigenvalue weighted by Crippen LogP contribution is -1.76. The fourth-order valence-corrected chi connectivity index (χ4v) is 1.22. The number of oxazole rings is 1. The van der Waals surface area contributed by atoms with Gasteiger partial charge in [-0.25, -0.2) is 4.98 Å². The van der Waals surface area contributed by atoms with Crippen molar-refractivity contribution in [3.63, 3.8) is 0 Å². The van der Waals surface area contributed by atoms with E-state index in [-0.39, 0.29) is 0 Å². The van der Waals surface area contributed by atoms with Crippen LogP contribution in [0, 0.1) is 12.3 Å². The minimum Gasteiger partial charge on any atom is -0.441 e. The van der Waals surface area contributed by atoms with Crippen molar-refractivity contribution in [3.8, 4) is 12.3 Å². The van der Waals surface area contributed by atoms with Crippen molar-refractivity contribution in [3.05, 3.63) is 29.7 Å². The molecular weight excluding hydrogens is 162 g/mol. The van der Waals surface area contributed by atoms with Gasteiger partial charge in [-0.2, -0.15) is 0 Å². The molecule has 64 valence electrons. The predicted octanol–water partition coefficient (Wildman–Crippen LogP) is 2.37. The van der Waals surface area contributed by atoms with Crippen LogP contribution in [0.4, 0.5) is 0 Å². The molecule has 13 heavy (non-hydrogen) atoms. The zero-order valence-corrected chi connectivity index (χ0v) is 7.37. The minimum atomic E-state index is 0.754. The molecule has 0 unspecified atom stereocenters. The van der Waals surface area contributed by atoms with Crippen LogP contribution in [0.2, 0.25) is 0 Å². The van der Waals surface area contributed by atoms with E-state index >= 15 is 0 Å². The molecule has 0 saturated heterocycles. The van der Waals surface area contributed by atoms with Gasteiger partial charge in [-0.3, -0.25) is 0 Å². The molecule has 0 aliphatic rings. The summed E-state index contributed by atoms with van der Waals surface area (Å²) in [6, 6.07) is 5.57. The van der Waals surface area contributed by atoms with Gasteiger partial charge in [0.25, 0.3) is 0 Å². The van der Waals surface area contributed by atoms with Crippen molar-refractivity contribution in [2.45, 2.75) is 13.3 Å². The van der Waals surface area contributed by atoms with Crippen molar-refractivity contribution in [1.82, 2.24) is 4.98 Å². The first-order valence-electron chi connectivity index (χ1n) is 4.19. The van der Waals surface area contributed by atoms with E-state index in [0.29, 0.717) is 0 Å². The van der Waals surface area contributed by atoms with Crippen molar-refractivity contribution < 1.29 is 4.42 Å². The van der Waals surface area contributed by atoms with Gasteiger partial charge in [0.2, 0.25) is 0 Å². The highest BCUT2D eigenvalue weighted by Gasteiger charge is 2.03. The van der Waals surface area contributed by atoms with Crippen molar-refractivity contribution in [2.75, 3.05) is 0 Å². The predicted molar refractivity (Wildman–Crippen MR) is 51.3 cm³/mol. The molecule has 1 aromatic carbocycles. The largest absolute Gasteiger partial charge is 0.441 e. The monoisotopic (exact) mass is 171 g/mol. The first kappa shape index (κ1) is 7.88. The molecule has 2 rings (SSSR count). The molecule has 0 atom stereocenters. The quantitative estimate of drug-likeness (QED) is 0.615. The van der Waals surface area contributed by atoms with E-state index in [0.717, 1.165) is 29.0 Å². The van der Waals surface area contributed by atoms with E-state index in [1.54, 1.807) is 0 Å². The molecule has 2 nitrogen and oxygen atoms in total. The van der Waals surface area contributed by atoms with Crippen LogP contribution in [0.15, 0.2) is 22.6 Å². The third kappa shape index (κ3) is 1.29. The zero-order valence-electron chi connectivity index (χ0n) is 7.37. The SMILES string of the molecule is C#Cc1ccc2oc(CC)nc2c1. The first-order valence-corrected chi connectivity index (χ1v) is 4.19. The maximum atomic E-state index is 5.44. The normalized spacial score (nSPS) is 10.2. The number of fused-ring (bicyclic) bond motifs is 1. The second-order valence-corrected chi connectivity index (χ2v) is 2.79. The van der Waals surface area contributed by atoms with Crippen molar-refractivity contribution in [1.29, 1.82) is 0 Å². The Morgan fingerprint density at radius 2 is 2.38 bits per heavy atom. The number of aryl methyl sites for hydroxylation is 1. The van der Waals surface area contributed by atoms with Gasteiger partial charge >= 0.3 is 0 Å². The van der Waals surface area contributed by atoms with Gasteiger partial charge in [0.1, 0.15) is 5.52 Å². The van der Waals surface area contributed by atoms with E-state index in [4.69, 9.17) is 10.8 Å². The Kier molecular flexibility index (Phi) is 1.79. The number of hydrogen-bond donors (Lipinski definition) is 0. The van der Waals surface area contributed by atoms with Crippen molar-refractivity contribution >= 4 is 11.1 Å². The molecule has 2 heteroatoms. The summed E-state index contributed by atoms with van der Waals surface area (Å²) in [7, 11) is 0. The average molecular weight is 171 g/mol. The molecule has 0 N–H and O–H groups in total. The van der Waals surface area contributed by atoms with Gasteiger partial charge in [0.05, 0.1) is 0 Å². The zero-order chi connectivity index (χ0) is 9.26. The Balaban J connectivity index is 2.65. The van der Waals surface area contributed by atoms with Gasteiger partial charge < -0.3 is 4.42 Å². The van der Waals surface area contributed by atoms with Crippen LogP contribution in [0.3, 0.4) is 0 Å². The molecule has 0 bridgehead atoms. The Morgan fingerprint density at radius 1 is 1.54 bits per heavy atom. The summed E-state index contributed by atoms with van der Waals surface area (Å²) in [5, 5.41) is 0. The van der Waals surface area contributed by atoms with E-state index in [1.165, 1.54) is 0 Å². The fraction of sp³-hybridized carbons (Fsp3) is 0.182. The van der Waals surface area contributed by atoms with Crippen LogP contribution in [-0.2, 0) is 6.42 Å². The summed E-state index contributed by atoms with van der Waals surface area (Å²) in [5.41, 5.74) is 2.48. The molecule has 0 fully saturated rings. The molecule has 0 amide bonds. The molecule has 0 aliphatic heterocycles. The summed E-state index contributed by atoms with van der Waals surface area (Å²) >= 11 is 0. The minimum absolute atomic E-state index is 0.754. The second-order valence-electron chi connectivity index (χ2n) is 2.79. The van der Waals surface area contributed by atoms with Crippen LogP contribution >= 0.6 is 0 Å². The Hall–Kier alpha value is -1.75. The highest BCUT2D eigenvalue weighted by Crippen LogP contribution is 2.16. The van der Waals surface area contributed by atoms with E-state index in [9.17, 15) is 0 Å². The molecule has 1 aromatic heterocycles. The highest BCUT2D eigenvalue weighted by molar-refractivity contribution is 5.74. The maximum absolute atomic E-state index is 5.44. The maximum Gasteiger partial charge on any atom is 0.195 e. The molecule has 0 spiro atoms. The third-order valence-electron chi connectivity index (χ3n) is 1.90. The molecule has 1 heterocycles. The first-order chi connectivity index (χ1) is 6.33. The van der Waals surface area contributed by atoms with Gasteiger partial charge in [-0.15, -0.1) is 6.42 Å². The molecule has 0 saturated carbocycles. The number of benzene rings is 1. The van der Waals surface area contributed by atoms with Crippen LogP contribution in [0.5, 0.6) is 0 Å². The summed E-state index contributed by atoms with van der Waals surface area (Å²) in [6.07, 6.45) is 6.08. The smallest absolute Gasteiger partial charge is 0.195 e. The van der Waals surface area contributed by atoms with Crippen LogP contribution in [0.1, 0.15) is 18.4 Å². The lowest BCUT2D eigenvalue weighted by Gasteiger charge is -1.87. The van der Waals surface area contributed by atoms with E-state index in [2.05, 4.69) is 10.9 Å². The standard InChI is InChI=1S/C11H9NO/c1-3-8-5-6-10-9(7-8)12-11(4-2)13-10/h1,5-7H,4H2,2H3. The lowest BCUT2D eigenvalue weighted by molar-refractivity contribution is 0.538.